The van der Waals surface area contributed by atoms with Crippen LogP contribution in [0, 0.1) is 0 Å². The van der Waals surface area contributed by atoms with E-state index in [9.17, 15) is 0 Å². The third kappa shape index (κ3) is 3.26. The standard InChI is InChI=1S/C19H20BrNO/c1-21(2)11-5-7-16-17-6-3-4-8-19(17)22-13-14-9-10-15(20)12-18(14)16/h3-4,6-10,12H,5,11,13H2,1-2H3/b16-7+. The molecule has 0 saturated heterocycles. The topological polar surface area (TPSA) is 12.5 Å². The van der Waals surface area contributed by atoms with E-state index in [1.54, 1.807) is 0 Å². The van der Waals surface area contributed by atoms with Crippen LogP contribution in [0.25, 0.3) is 5.57 Å². The molecule has 2 aromatic rings. The Hall–Kier alpha value is -1.58. The molecule has 0 aromatic heterocycles. The van der Waals surface area contributed by atoms with Crippen LogP contribution in [0.2, 0.25) is 0 Å². The zero-order valence-corrected chi connectivity index (χ0v) is 14.6. The molecule has 0 spiro atoms. The van der Waals surface area contributed by atoms with Crippen LogP contribution >= 0.6 is 15.9 Å². The highest BCUT2D eigenvalue weighted by atomic mass is 79.9. The Kier molecular flexibility index (Phi) is 4.65. The summed E-state index contributed by atoms with van der Waals surface area (Å²) in [7, 11) is 4.21. The van der Waals surface area contributed by atoms with Gasteiger partial charge in [0.15, 0.2) is 0 Å². The van der Waals surface area contributed by atoms with Crippen molar-refractivity contribution in [3.05, 3.63) is 69.7 Å². The van der Waals surface area contributed by atoms with E-state index in [0.29, 0.717) is 6.61 Å². The SMILES string of the molecule is CN(C)CC/C=C1/c2cc(Br)ccc2COc2ccccc21. The minimum atomic E-state index is 0.616. The van der Waals surface area contributed by atoms with E-state index in [1.165, 1.54) is 22.3 Å². The summed E-state index contributed by atoms with van der Waals surface area (Å²) in [6.07, 6.45) is 3.35. The molecule has 0 radical (unpaired) electrons. The third-order valence-electron chi connectivity index (χ3n) is 3.85. The van der Waals surface area contributed by atoms with Gasteiger partial charge < -0.3 is 9.64 Å². The van der Waals surface area contributed by atoms with Crippen LogP contribution in [0.5, 0.6) is 5.75 Å². The second-order valence-corrected chi connectivity index (χ2v) is 6.71. The predicted molar refractivity (Wildman–Crippen MR) is 95.2 cm³/mol. The summed E-state index contributed by atoms with van der Waals surface area (Å²) in [4.78, 5) is 2.21. The fraction of sp³-hybridized carbons (Fsp3) is 0.263. The van der Waals surface area contributed by atoms with Crippen molar-refractivity contribution in [2.24, 2.45) is 0 Å². The minimum Gasteiger partial charge on any atom is -0.488 e. The number of ether oxygens (including phenoxy) is 1. The van der Waals surface area contributed by atoms with Crippen LogP contribution in [0.15, 0.2) is 53.0 Å². The van der Waals surface area contributed by atoms with E-state index >= 15 is 0 Å². The number of para-hydroxylation sites is 1. The lowest BCUT2D eigenvalue weighted by molar-refractivity contribution is 0.307. The van der Waals surface area contributed by atoms with Gasteiger partial charge in [-0.15, -0.1) is 0 Å². The Balaban J connectivity index is 2.10. The summed E-state index contributed by atoms with van der Waals surface area (Å²) >= 11 is 3.60. The van der Waals surface area contributed by atoms with Gasteiger partial charge in [0.1, 0.15) is 12.4 Å². The van der Waals surface area contributed by atoms with Gasteiger partial charge >= 0.3 is 0 Å². The van der Waals surface area contributed by atoms with Crippen molar-refractivity contribution in [2.45, 2.75) is 13.0 Å². The maximum absolute atomic E-state index is 6.01. The fourth-order valence-electron chi connectivity index (χ4n) is 2.73. The molecule has 1 aliphatic heterocycles. The van der Waals surface area contributed by atoms with Gasteiger partial charge in [0.05, 0.1) is 0 Å². The van der Waals surface area contributed by atoms with Gasteiger partial charge in [-0.2, -0.15) is 0 Å². The molecule has 0 saturated carbocycles. The van der Waals surface area contributed by atoms with Crippen molar-refractivity contribution in [1.29, 1.82) is 0 Å². The summed E-state index contributed by atoms with van der Waals surface area (Å²) in [6.45, 7) is 1.65. The zero-order valence-electron chi connectivity index (χ0n) is 13.0. The van der Waals surface area contributed by atoms with E-state index in [4.69, 9.17) is 4.74 Å². The van der Waals surface area contributed by atoms with E-state index in [1.807, 2.05) is 6.07 Å². The molecular formula is C19H20BrNO. The quantitative estimate of drug-likeness (QED) is 0.787. The van der Waals surface area contributed by atoms with E-state index in [2.05, 4.69) is 77.4 Å². The molecule has 0 bridgehead atoms. The molecule has 0 atom stereocenters. The van der Waals surface area contributed by atoms with Crippen molar-refractivity contribution < 1.29 is 4.74 Å². The molecule has 2 nitrogen and oxygen atoms in total. The molecular weight excluding hydrogens is 338 g/mol. The van der Waals surface area contributed by atoms with Crippen LogP contribution in [0.4, 0.5) is 0 Å². The molecule has 0 fully saturated rings. The first-order valence-electron chi connectivity index (χ1n) is 7.51. The Morgan fingerprint density at radius 3 is 2.77 bits per heavy atom. The number of fused-ring (bicyclic) bond motifs is 2. The summed E-state index contributed by atoms with van der Waals surface area (Å²) in [5.41, 5.74) is 4.94. The molecule has 22 heavy (non-hydrogen) atoms. The monoisotopic (exact) mass is 357 g/mol. The maximum Gasteiger partial charge on any atom is 0.127 e. The lowest BCUT2D eigenvalue weighted by atomic mass is 9.93. The van der Waals surface area contributed by atoms with Crippen LogP contribution < -0.4 is 4.74 Å². The first-order valence-corrected chi connectivity index (χ1v) is 8.30. The highest BCUT2D eigenvalue weighted by Crippen LogP contribution is 2.37. The Bertz CT molecular complexity index is 706. The normalized spacial score (nSPS) is 15.2. The summed E-state index contributed by atoms with van der Waals surface area (Å²) in [6, 6.07) is 14.7. The average molecular weight is 358 g/mol. The smallest absolute Gasteiger partial charge is 0.127 e. The van der Waals surface area contributed by atoms with Gasteiger partial charge in [0.2, 0.25) is 0 Å². The van der Waals surface area contributed by atoms with Gasteiger partial charge in [-0.1, -0.05) is 46.3 Å². The van der Waals surface area contributed by atoms with Gasteiger partial charge in [0, 0.05) is 16.6 Å². The van der Waals surface area contributed by atoms with Crippen molar-refractivity contribution in [3.63, 3.8) is 0 Å². The van der Waals surface area contributed by atoms with Gasteiger partial charge in [-0.3, -0.25) is 0 Å². The lowest BCUT2D eigenvalue weighted by Gasteiger charge is -2.12. The Morgan fingerprint density at radius 2 is 1.95 bits per heavy atom. The fourth-order valence-corrected chi connectivity index (χ4v) is 3.09. The number of hydrogen-bond donors (Lipinski definition) is 0. The second kappa shape index (κ2) is 6.67. The lowest BCUT2D eigenvalue weighted by Crippen LogP contribution is -2.12. The van der Waals surface area contributed by atoms with Gasteiger partial charge in [-0.05, 0) is 55.4 Å². The molecule has 114 valence electrons. The Labute approximate surface area is 140 Å². The molecule has 1 aliphatic rings. The minimum absolute atomic E-state index is 0.616. The highest BCUT2D eigenvalue weighted by molar-refractivity contribution is 9.10. The van der Waals surface area contributed by atoms with Crippen LogP contribution in [0.3, 0.4) is 0 Å². The molecule has 0 unspecified atom stereocenters. The van der Waals surface area contributed by atoms with Crippen molar-refractivity contribution >= 4 is 21.5 Å². The third-order valence-corrected chi connectivity index (χ3v) is 4.34. The number of hydrogen-bond acceptors (Lipinski definition) is 2. The number of halogens is 1. The highest BCUT2D eigenvalue weighted by Gasteiger charge is 2.18. The second-order valence-electron chi connectivity index (χ2n) is 5.80. The first kappa shape index (κ1) is 15.3. The number of benzene rings is 2. The van der Waals surface area contributed by atoms with Crippen LogP contribution in [0.1, 0.15) is 23.1 Å². The van der Waals surface area contributed by atoms with E-state index in [0.717, 1.165) is 23.2 Å². The predicted octanol–water partition coefficient (Wildman–Crippen LogP) is 4.72. The van der Waals surface area contributed by atoms with Crippen LogP contribution in [-0.2, 0) is 6.61 Å². The molecule has 3 heteroatoms. The molecule has 1 heterocycles. The largest absolute Gasteiger partial charge is 0.488 e. The summed E-state index contributed by atoms with van der Waals surface area (Å²) < 4.78 is 7.11. The summed E-state index contributed by atoms with van der Waals surface area (Å²) in [5.74, 6) is 0.964. The van der Waals surface area contributed by atoms with Crippen molar-refractivity contribution in [3.8, 4) is 5.75 Å². The molecule has 3 rings (SSSR count). The molecule has 2 aromatic carbocycles. The summed E-state index contributed by atoms with van der Waals surface area (Å²) in [5, 5.41) is 0. The van der Waals surface area contributed by atoms with Gasteiger partial charge in [0.25, 0.3) is 0 Å². The number of nitrogens with zero attached hydrogens (tertiary/aromatic N) is 1. The Morgan fingerprint density at radius 1 is 1.14 bits per heavy atom. The van der Waals surface area contributed by atoms with E-state index in [-0.39, 0.29) is 0 Å². The van der Waals surface area contributed by atoms with Gasteiger partial charge in [-0.25, -0.2) is 0 Å². The maximum atomic E-state index is 6.01. The van der Waals surface area contributed by atoms with Crippen molar-refractivity contribution in [1.82, 2.24) is 4.90 Å². The molecule has 0 aliphatic carbocycles. The number of rotatable bonds is 3. The molecule has 0 N–H and O–H groups in total. The zero-order chi connectivity index (χ0) is 15.5. The average Bonchev–Trinajstić information content (AvgIpc) is 2.65. The van der Waals surface area contributed by atoms with E-state index < -0.39 is 0 Å². The van der Waals surface area contributed by atoms with Crippen molar-refractivity contribution in [2.75, 3.05) is 20.6 Å². The molecule has 0 amide bonds. The first-order chi connectivity index (χ1) is 10.6. The van der Waals surface area contributed by atoms with Crippen LogP contribution in [-0.4, -0.2) is 25.5 Å².